The number of amides is 2. The number of nitrogens with zero attached hydrogens (tertiary/aromatic N) is 2. The van der Waals surface area contributed by atoms with Crippen LogP contribution in [-0.4, -0.2) is 48.3 Å². The first-order valence-corrected chi connectivity index (χ1v) is 8.47. The first-order valence-electron chi connectivity index (χ1n) is 7.28. The van der Waals surface area contributed by atoms with Gasteiger partial charge in [0.25, 0.3) is 5.91 Å². The monoisotopic (exact) mass is 336 g/mol. The summed E-state index contributed by atoms with van der Waals surface area (Å²) in [6.45, 7) is 1.91. The zero-order valence-corrected chi connectivity index (χ0v) is 13.9. The predicted molar refractivity (Wildman–Crippen MR) is 89.6 cm³/mol. The Balaban J connectivity index is 1.71. The molecule has 0 bridgehead atoms. The largest absolute Gasteiger partial charge is 0.341 e. The molecule has 0 aliphatic carbocycles. The minimum atomic E-state index is -0.0853. The van der Waals surface area contributed by atoms with E-state index < -0.39 is 0 Å². The molecule has 2 aromatic rings. The van der Waals surface area contributed by atoms with E-state index in [2.05, 4.69) is 0 Å². The van der Waals surface area contributed by atoms with Crippen LogP contribution in [0.5, 0.6) is 0 Å². The molecular weight excluding hydrogens is 320 g/mol. The highest BCUT2D eigenvalue weighted by atomic mass is 35.5. The number of likely N-dealkylation sites (tertiary alicyclic amines) is 1. The lowest BCUT2D eigenvalue weighted by Gasteiger charge is -2.21. The van der Waals surface area contributed by atoms with Crippen molar-refractivity contribution in [1.29, 1.82) is 0 Å². The van der Waals surface area contributed by atoms with Crippen LogP contribution in [0.2, 0.25) is 5.02 Å². The average molecular weight is 337 g/mol. The number of likely N-dealkylation sites (N-methyl/N-ethyl adjacent to an activating group) is 1. The Labute approximate surface area is 138 Å². The van der Waals surface area contributed by atoms with Gasteiger partial charge in [-0.05, 0) is 12.5 Å². The predicted octanol–water partition coefficient (Wildman–Crippen LogP) is 3.25. The smallest absolute Gasteiger partial charge is 0.265 e. The minimum absolute atomic E-state index is 0.0853. The molecule has 6 heteroatoms. The fourth-order valence-corrected chi connectivity index (χ4v) is 4.14. The van der Waals surface area contributed by atoms with E-state index in [9.17, 15) is 9.59 Å². The zero-order valence-electron chi connectivity index (χ0n) is 12.3. The number of fused-ring (bicyclic) bond motifs is 1. The third-order valence-corrected chi connectivity index (χ3v) is 5.62. The highest BCUT2D eigenvalue weighted by Gasteiger charge is 2.23. The van der Waals surface area contributed by atoms with Gasteiger partial charge in [0.05, 0.1) is 5.02 Å². The number of benzene rings is 1. The Morgan fingerprint density at radius 2 is 2.18 bits per heavy atom. The number of halogens is 1. The summed E-state index contributed by atoms with van der Waals surface area (Å²) in [6, 6.07) is 7.74. The SMILES string of the molecule is CN(CCN1CCCC1=O)C(=O)c1sc2ccccc2c1Cl. The van der Waals surface area contributed by atoms with E-state index in [0.29, 0.717) is 29.4 Å². The Morgan fingerprint density at radius 3 is 2.86 bits per heavy atom. The molecule has 1 aliphatic heterocycles. The molecule has 0 radical (unpaired) electrons. The van der Waals surface area contributed by atoms with Crippen LogP contribution in [-0.2, 0) is 4.79 Å². The summed E-state index contributed by atoms with van der Waals surface area (Å²) in [7, 11) is 1.75. The van der Waals surface area contributed by atoms with Crippen LogP contribution in [0, 0.1) is 0 Å². The van der Waals surface area contributed by atoms with E-state index in [4.69, 9.17) is 11.6 Å². The second-order valence-corrected chi connectivity index (χ2v) is 6.88. The standard InChI is InChI=1S/C16H17ClN2O2S/c1-18(9-10-19-8-4-7-13(19)20)16(21)15-14(17)11-5-2-3-6-12(11)22-15/h2-3,5-6H,4,7-10H2,1H3. The highest BCUT2D eigenvalue weighted by Crippen LogP contribution is 2.35. The molecule has 1 aromatic heterocycles. The number of hydrogen-bond donors (Lipinski definition) is 0. The molecule has 116 valence electrons. The van der Waals surface area contributed by atoms with Crippen LogP contribution in [0.4, 0.5) is 0 Å². The van der Waals surface area contributed by atoms with Gasteiger partial charge in [-0.2, -0.15) is 0 Å². The van der Waals surface area contributed by atoms with Crippen LogP contribution in [0.15, 0.2) is 24.3 Å². The fraction of sp³-hybridized carbons (Fsp3) is 0.375. The van der Waals surface area contributed by atoms with Crippen molar-refractivity contribution in [2.75, 3.05) is 26.7 Å². The van der Waals surface area contributed by atoms with E-state index in [0.717, 1.165) is 23.1 Å². The molecule has 22 heavy (non-hydrogen) atoms. The molecule has 2 amide bonds. The van der Waals surface area contributed by atoms with E-state index in [1.54, 1.807) is 11.9 Å². The molecule has 1 saturated heterocycles. The van der Waals surface area contributed by atoms with Gasteiger partial charge in [-0.3, -0.25) is 9.59 Å². The minimum Gasteiger partial charge on any atom is -0.341 e. The van der Waals surface area contributed by atoms with Crippen molar-refractivity contribution in [1.82, 2.24) is 9.80 Å². The Kier molecular flexibility index (Phi) is 4.36. The summed E-state index contributed by atoms with van der Waals surface area (Å²) in [4.78, 5) is 28.2. The van der Waals surface area contributed by atoms with Crippen molar-refractivity contribution in [2.24, 2.45) is 0 Å². The van der Waals surface area contributed by atoms with Crippen molar-refractivity contribution in [3.63, 3.8) is 0 Å². The Morgan fingerprint density at radius 1 is 1.41 bits per heavy atom. The fourth-order valence-electron chi connectivity index (χ4n) is 2.64. The summed E-state index contributed by atoms with van der Waals surface area (Å²) in [5.74, 6) is 0.0959. The molecule has 0 atom stereocenters. The van der Waals surface area contributed by atoms with Gasteiger partial charge < -0.3 is 9.80 Å². The molecule has 3 rings (SSSR count). The van der Waals surface area contributed by atoms with Crippen molar-refractivity contribution < 1.29 is 9.59 Å². The molecule has 0 spiro atoms. The van der Waals surface area contributed by atoms with Crippen molar-refractivity contribution in [3.05, 3.63) is 34.2 Å². The lowest BCUT2D eigenvalue weighted by molar-refractivity contribution is -0.127. The van der Waals surface area contributed by atoms with Gasteiger partial charge in [0.2, 0.25) is 5.91 Å². The van der Waals surface area contributed by atoms with E-state index >= 15 is 0 Å². The Bertz CT molecular complexity index is 728. The van der Waals surface area contributed by atoms with Crippen molar-refractivity contribution in [3.8, 4) is 0 Å². The summed E-state index contributed by atoms with van der Waals surface area (Å²) >= 11 is 7.76. The maximum atomic E-state index is 12.6. The number of hydrogen-bond acceptors (Lipinski definition) is 3. The van der Waals surface area contributed by atoms with E-state index in [1.807, 2.05) is 29.2 Å². The van der Waals surface area contributed by atoms with E-state index in [-0.39, 0.29) is 11.8 Å². The third-order valence-electron chi connectivity index (χ3n) is 3.95. The number of carbonyl (C=O) groups is 2. The van der Waals surface area contributed by atoms with Gasteiger partial charge in [0.1, 0.15) is 4.88 Å². The van der Waals surface area contributed by atoms with Crippen LogP contribution in [0.1, 0.15) is 22.5 Å². The molecule has 0 N–H and O–H groups in total. The number of thiophene rings is 1. The topological polar surface area (TPSA) is 40.6 Å². The normalized spacial score (nSPS) is 14.8. The van der Waals surface area contributed by atoms with E-state index in [1.165, 1.54) is 11.3 Å². The van der Waals surface area contributed by atoms with Gasteiger partial charge in [-0.25, -0.2) is 0 Å². The second-order valence-electron chi connectivity index (χ2n) is 5.45. The van der Waals surface area contributed by atoms with Gasteiger partial charge in [-0.15, -0.1) is 11.3 Å². The summed E-state index contributed by atoms with van der Waals surface area (Å²) in [5, 5.41) is 1.44. The molecule has 2 heterocycles. The summed E-state index contributed by atoms with van der Waals surface area (Å²) in [5.41, 5.74) is 0. The number of carbonyl (C=O) groups excluding carboxylic acids is 2. The van der Waals surface area contributed by atoms with Crippen molar-refractivity contribution in [2.45, 2.75) is 12.8 Å². The third kappa shape index (κ3) is 2.83. The van der Waals surface area contributed by atoms with Crippen molar-refractivity contribution >= 4 is 44.8 Å². The molecule has 1 fully saturated rings. The van der Waals surface area contributed by atoms with Crippen LogP contribution >= 0.6 is 22.9 Å². The maximum absolute atomic E-state index is 12.6. The molecule has 0 unspecified atom stereocenters. The first-order chi connectivity index (χ1) is 10.6. The lowest BCUT2D eigenvalue weighted by Crippen LogP contribution is -2.36. The summed E-state index contributed by atoms with van der Waals surface area (Å²) in [6.07, 6.45) is 1.54. The Hall–Kier alpha value is -1.59. The van der Waals surface area contributed by atoms with Crippen LogP contribution in [0.3, 0.4) is 0 Å². The first kappa shape index (κ1) is 15.3. The van der Waals surface area contributed by atoms with Gasteiger partial charge in [0.15, 0.2) is 0 Å². The quantitative estimate of drug-likeness (QED) is 0.860. The van der Waals surface area contributed by atoms with Gasteiger partial charge in [0, 0.05) is 43.2 Å². The van der Waals surface area contributed by atoms with Gasteiger partial charge >= 0.3 is 0 Å². The molecule has 1 aromatic carbocycles. The average Bonchev–Trinajstić information content (AvgIpc) is 3.08. The zero-order chi connectivity index (χ0) is 15.7. The van der Waals surface area contributed by atoms with Crippen LogP contribution < -0.4 is 0 Å². The molecule has 0 saturated carbocycles. The summed E-state index contributed by atoms with van der Waals surface area (Å²) < 4.78 is 1.01. The highest BCUT2D eigenvalue weighted by molar-refractivity contribution is 7.21. The van der Waals surface area contributed by atoms with Crippen LogP contribution in [0.25, 0.3) is 10.1 Å². The molecular formula is C16H17ClN2O2S. The van der Waals surface area contributed by atoms with Gasteiger partial charge in [-0.1, -0.05) is 29.8 Å². The second kappa shape index (κ2) is 6.26. The lowest BCUT2D eigenvalue weighted by atomic mass is 10.2. The molecule has 1 aliphatic rings. The molecule has 4 nitrogen and oxygen atoms in total. The number of rotatable bonds is 4. The maximum Gasteiger partial charge on any atom is 0.265 e.